The predicted octanol–water partition coefficient (Wildman–Crippen LogP) is 21.0. The number of anilines is 12. The summed E-state index contributed by atoms with van der Waals surface area (Å²) in [5.74, 6) is -0.204. The molecule has 0 spiro atoms. The number of hydrogen-bond donors (Lipinski definition) is 12. The van der Waals surface area contributed by atoms with Crippen LogP contribution in [0.5, 0.6) is 0 Å². The number of carbonyl (C=O) groups is 4. The molecule has 12 aromatic heterocycles. The van der Waals surface area contributed by atoms with Gasteiger partial charge in [-0.2, -0.15) is 8.75 Å². The third kappa shape index (κ3) is 19.8. The molecule has 680 valence electrons. The third-order valence-corrected chi connectivity index (χ3v) is 25.4. The van der Waals surface area contributed by atoms with Gasteiger partial charge in [0.05, 0.1) is 55.7 Å². The number of hydrogen-bond acceptors (Lipinski definition) is 26. The number of benzene rings is 4. The summed E-state index contributed by atoms with van der Waals surface area (Å²) in [7, 11) is 0. The monoisotopic (exact) mass is 1860 g/mol. The standard InChI is InChI=1S/2C23H24FN7OS.2C22H23FN8OS/c1-23(2,3)17-9-18(33-30-17)29-22(32)28-16-7-4-12(8-15(16)24)14-10-31(13-5-6-13)21-19(14)20(25)26-11-27-21;1-23(2,3)17-10-33-22(29-17)30-21(32)28-16-7-4-12(8-15(16)24)14-9-31(13-5-6-13)20-18(14)19(25)26-11-27-20;1-22(2,3)19-29-30-21(33-19)28-20(32)27-15-7-4-11(8-14(15)23)13-9-31(12-5-6-12)18-16(13)17(24)25-10-26-18;1-22(2,3)19-28-21(33-30-19)29-20(32)27-15-7-4-11(8-14(15)23)13-9-31(12-5-6-12)18-16(13)17(24)25-10-26-18/h4,7-11,13H,5-6H2,1-3H3,(H2,25,26,27)(H2,28,29,32);4,7-11,13H,5-6H2,1-3H3,(H2,25,26,27)(H2,28,29,30,32);4,7-10,12H,5-6H2,1-3H3,(H2,24,25,26)(H2,27,28,30,32);4,7-10,12H,5-6H2,1-3H3,(H2,24,25,26)(H2,27,28,29,30,32). The van der Waals surface area contributed by atoms with Crippen LogP contribution in [-0.4, -0.2) is 111 Å². The van der Waals surface area contributed by atoms with E-state index in [-0.39, 0.29) is 44.4 Å². The van der Waals surface area contributed by atoms with Gasteiger partial charge in [0.1, 0.15) is 110 Å². The SMILES string of the molecule is CC(C)(C)c1cc(NC(=O)Nc2ccc(-c3cn(C4CC4)c4ncnc(N)c34)cc2F)sn1.CC(C)(C)c1csc(NC(=O)Nc2ccc(-c3cn(C4CC4)c4ncnc(N)c34)cc2F)n1.CC(C)(C)c1nnc(NC(=O)Nc2ccc(-c3cn(C4CC4)c4ncnc(N)c34)cc2F)s1.CC(C)(C)c1nsc(NC(=O)Nc2ccc(-c3cn(C4CC4)c4ncnc(N)c34)cc2F)n1. The minimum Gasteiger partial charge on any atom is -0.383 e. The second-order valence-electron chi connectivity index (χ2n) is 36.6. The average molecular weight is 1860 g/mol. The molecule has 16 aromatic rings. The summed E-state index contributed by atoms with van der Waals surface area (Å²) in [5.41, 5.74) is 34.5. The Labute approximate surface area is 769 Å². The van der Waals surface area contributed by atoms with Crippen molar-refractivity contribution >= 4 is 180 Å². The van der Waals surface area contributed by atoms with Crippen LogP contribution in [0.4, 0.5) is 103 Å². The number of amides is 8. The Morgan fingerprint density at radius 1 is 0.364 bits per heavy atom. The first-order valence-electron chi connectivity index (χ1n) is 42.4. The fourth-order valence-electron chi connectivity index (χ4n) is 14.5. The number of urea groups is 4. The van der Waals surface area contributed by atoms with Crippen LogP contribution < -0.4 is 65.5 Å². The van der Waals surface area contributed by atoms with E-state index >= 15 is 0 Å². The molecule has 0 aliphatic heterocycles. The second kappa shape index (κ2) is 35.5. The van der Waals surface area contributed by atoms with Crippen molar-refractivity contribution in [1.29, 1.82) is 0 Å². The van der Waals surface area contributed by atoms with Crippen LogP contribution in [0.25, 0.3) is 88.6 Å². The lowest BCUT2D eigenvalue weighted by Gasteiger charge is -2.14. The van der Waals surface area contributed by atoms with Crippen molar-refractivity contribution in [1.82, 2.24) is 87.1 Å². The fourth-order valence-corrected chi connectivity index (χ4v) is 17.8. The van der Waals surface area contributed by atoms with Gasteiger partial charge >= 0.3 is 24.1 Å². The number of rotatable bonds is 16. The number of carbonyl (C=O) groups excluding carboxylic acids is 4. The Hall–Kier alpha value is -14.3. The molecule has 0 unspecified atom stereocenters. The van der Waals surface area contributed by atoms with Crippen molar-refractivity contribution in [3.8, 4) is 44.5 Å². The molecule has 4 aliphatic rings. The molecular weight excluding hydrogens is 1770 g/mol. The van der Waals surface area contributed by atoms with Crippen molar-refractivity contribution in [2.24, 2.45) is 0 Å². The molecular formula is C90H94F4N30O4S4. The predicted molar refractivity (Wildman–Crippen MR) is 512 cm³/mol. The van der Waals surface area contributed by atoms with Gasteiger partial charge in [-0.1, -0.05) is 119 Å². The molecule has 0 atom stereocenters. The zero-order valence-electron chi connectivity index (χ0n) is 73.8. The zero-order valence-corrected chi connectivity index (χ0v) is 77.1. The van der Waals surface area contributed by atoms with Gasteiger partial charge in [0.2, 0.25) is 10.3 Å². The van der Waals surface area contributed by atoms with Gasteiger partial charge in [-0.05, 0) is 140 Å². The van der Waals surface area contributed by atoms with Crippen LogP contribution in [0.2, 0.25) is 0 Å². The number of thiazole rings is 1. The van der Waals surface area contributed by atoms with Crippen LogP contribution in [0.15, 0.2) is 134 Å². The quantitative estimate of drug-likeness (QED) is 0.0400. The molecule has 34 nitrogen and oxygen atoms in total. The number of nitrogens with one attached hydrogen (secondary N) is 8. The first kappa shape index (κ1) is 89.7. The topological polar surface area (TPSA) is 469 Å². The molecule has 12 heterocycles. The molecule has 0 bridgehead atoms. The number of halogens is 4. The van der Waals surface area contributed by atoms with E-state index in [1.165, 1.54) is 108 Å². The summed E-state index contributed by atoms with van der Waals surface area (Å²) >= 11 is 4.88. The molecule has 0 radical (unpaired) electrons. The third-order valence-electron chi connectivity index (χ3n) is 22.0. The number of nitrogen functional groups attached to an aromatic ring is 4. The van der Waals surface area contributed by atoms with Gasteiger partial charge in [-0.15, -0.1) is 21.5 Å². The van der Waals surface area contributed by atoms with Crippen LogP contribution in [0.1, 0.15) is 181 Å². The number of fused-ring (bicyclic) bond motifs is 4. The first-order valence-corrected chi connectivity index (χ1v) is 45.6. The summed E-state index contributed by atoms with van der Waals surface area (Å²) in [4.78, 5) is 92.3. The Morgan fingerprint density at radius 2 is 0.697 bits per heavy atom. The highest BCUT2D eigenvalue weighted by Gasteiger charge is 2.34. The molecule has 132 heavy (non-hydrogen) atoms. The van der Waals surface area contributed by atoms with Crippen molar-refractivity contribution in [2.45, 2.75) is 180 Å². The largest absolute Gasteiger partial charge is 0.383 e. The summed E-state index contributed by atoms with van der Waals surface area (Å²) in [6, 6.07) is 19.7. The Bertz CT molecular complexity index is 6310. The van der Waals surface area contributed by atoms with Crippen molar-refractivity contribution in [2.75, 3.05) is 65.5 Å². The molecule has 8 amide bonds. The van der Waals surface area contributed by atoms with Crippen molar-refractivity contribution in [3.63, 3.8) is 0 Å². The van der Waals surface area contributed by atoms with E-state index in [1.54, 1.807) is 24.3 Å². The van der Waals surface area contributed by atoms with E-state index < -0.39 is 47.4 Å². The Balaban J connectivity index is 0.000000123. The van der Waals surface area contributed by atoms with Crippen LogP contribution in [0.3, 0.4) is 0 Å². The number of aromatic nitrogens is 18. The molecule has 4 fully saturated rings. The summed E-state index contributed by atoms with van der Waals surface area (Å²) in [5, 5.41) is 36.1. The normalized spacial score (nSPS) is 13.9. The van der Waals surface area contributed by atoms with E-state index in [1.807, 2.05) is 119 Å². The van der Waals surface area contributed by atoms with Gasteiger partial charge in [0.15, 0.2) is 5.13 Å². The van der Waals surface area contributed by atoms with E-state index in [0.717, 1.165) is 124 Å². The molecule has 0 saturated heterocycles. The summed E-state index contributed by atoms with van der Waals surface area (Å²) < 4.78 is 76.7. The van der Waals surface area contributed by atoms with Crippen molar-refractivity contribution in [3.05, 3.63) is 180 Å². The van der Waals surface area contributed by atoms with Crippen LogP contribution in [0, 0.1) is 23.3 Å². The zero-order chi connectivity index (χ0) is 93.3. The number of nitrogens with zero attached hydrogens (tertiary/aromatic N) is 18. The van der Waals surface area contributed by atoms with Crippen LogP contribution >= 0.6 is 45.7 Å². The lowest BCUT2D eigenvalue weighted by molar-refractivity contribution is 0.261. The van der Waals surface area contributed by atoms with E-state index in [9.17, 15) is 36.7 Å². The van der Waals surface area contributed by atoms with E-state index in [2.05, 4.69) is 130 Å². The minimum absolute atomic E-state index is 0.0481. The highest BCUT2D eigenvalue weighted by molar-refractivity contribution is 7.15. The maximum atomic E-state index is 15.0. The molecule has 42 heteroatoms. The Morgan fingerprint density at radius 3 is 0.985 bits per heavy atom. The lowest BCUT2D eigenvalue weighted by Crippen LogP contribution is -2.20. The molecule has 16 N–H and O–H groups in total. The summed E-state index contributed by atoms with van der Waals surface area (Å²) in [6.45, 7) is 24.3. The maximum absolute atomic E-state index is 15.0. The van der Waals surface area contributed by atoms with E-state index in [4.69, 9.17) is 22.9 Å². The fraction of sp³-hybridized carbons (Fsp3) is 0.311. The van der Waals surface area contributed by atoms with Crippen molar-refractivity contribution < 1.29 is 36.7 Å². The first-order chi connectivity index (χ1) is 62.8. The Kier molecular flexibility index (Phi) is 24.2. The minimum atomic E-state index is -0.596. The highest BCUT2D eigenvalue weighted by atomic mass is 32.1. The lowest BCUT2D eigenvalue weighted by atomic mass is 9.92. The van der Waals surface area contributed by atoms with Gasteiger partial charge in [-0.3, -0.25) is 21.3 Å². The second-order valence-corrected chi connectivity index (χ2v) is 40.0. The molecule has 4 aromatic carbocycles. The van der Waals surface area contributed by atoms with E-state index in [0.29, 0.717) is 117 Å². The summed E-state index contributed by atoms with van der Waals surface area (Å²) in [6.07, 6.45) is 22.2. The van der Waals surface area contributed by atoms with Gasteiger partial charge in [0.25, 0.3) is 0 Å². The van der Waals surface area contributed by atoms with Gasteiger partial charge in [-0.25, -0.2) is 86.6 Å². The van der Waals surface area contributed by atoms with Gasteiger partial charge in [0, 0.05) is 110 Å². The van der Waals surface area contributed by atoms with Gasteiger partial charge < -0.3 is 62.5 Å². The average Bonchev–Trinajstić information content (AvgIpc) is 1.61. The maximum Gasteiger partial charge on any atom is 0.325 e. The smallest absolute Gasteiger partial charge is 0.325 e. The highest BCUT2D eigenvalue weighted by Crippen LogP contribution is 2.48. The molecule has 4 aliphatic carbocycles. The molecule has 20 rings (SSSR count). The number of nitrogens with two attached hydrogens (primary N) is 4. The molecule has 4 saturated carbocycles. The van der Waals surface area contributed by atoms with Crippen LogP contribution in [-0.2, 0) is 21.7 Å².